The van der Waals surface area contributed by atoms with Crippen LogP contribution in [0.15, 0.2) is 58.2 Å². The lowest BCUT2D eigenvalue weighted by atomic mass is 10.1. The van der Waals surface area contributed by atoms with E-state index in [0.717, 1.165) is 51.4 Å². The van der Waals surface area contributed by atoms with E-state index in [2.05, 4.69) is 77.2 Å². The van der Waals surface area contributed by atoms with Crippen molar-refractivity contribution in [2.45, 2.75) is 32.5 Å². The van der Waals surface area contributed by atoms with Gasteiger partial charge < -0.3 is 14.2 Å². The van der Waals surface area contributed by atoms with E-state index in [1.807, 2.05) is 17.0 Å². The second kappa shape index (κ2) is 11.5. The number of piperazine rings is 1. The van der Waals surface area contributed by atoms with Crippen molar-refractivity contribution in [3.05, 3.63) is 59.7 Å². The predicted octanol–water partition coefficient (Wildman–Crippen LogP) is 4.33. The zero-order valence-corrected chi connectivity index (χ0v) is 21.1. The highest BCUT2D eigenvalue weighted by Crippen LogP contribution is 2.25. The number of rotatable bonds is 9. The third-order valence-corrected chi connectivity index (χ3v) is 6.99. The van der Waals surface area contributed by atoms with Crippen LogP contribution in [-0.2, 0) is 11.3 Å². The van der Waals surface area contributed by atoms with Crippen LogP contribution in [0.3, 0.4) is 0 Å². The topological polar surface area (TPSA) is 65.7 Å². The van der Waals surface area contributed by atoms with Crippen molar-refractivity contribution < 1.29 is 9.21 Å². The molecular weight excluding hydrogens is 446 g/mol. The van der Waals surface area contributed by atoms with Gasteiger partial charge in [-0.05, 0) is 50.6 Å². The second-order valence-electron chi connectivity index (χ2n) is 8.53. The molecule has 0 atom stereocenters. The van der Waals surface area contributed by atoms with E-state index in [1.165, 1.54) is 28.6 Å². The highest BCUT2D eigenvalue weighted by atomic mass is 32.2. The standard InChI is InChI=1S/C26H33N5O2S/c1-4-30(5-2)23-11-9-22(10-12-23)25-27-28-26(33-25)34-19-24(32)31-15-13-29(14-16-31)18-21-8-6-7-20(3)17-21/h6-12,17H,4-5,13-16,18-19H2,1-3H3. The van der Waals surface area contributed by atoms with Crippen molar-refractivity contribution in [3.8, 4) is 11.5 Å². The van der Waals surface area contributed by atoms with Crippen LogP contribution in [-0.4, -0.2) is 70.9 Å². The summed E-state index contributed by atoms with van der Waals surface area (Å²) in [6.07, 6.45) is 0. The number of aromatic nitrogens is 2. The summed E-state index contributed by atoms with van der Waals surface area (Å²) in [5.74, 6) is 0.898. The van der Waals surface area contributed by atoms with Gasteiger partial charge in [0.15, 0.2) is 0 Å². The Morgan fingerprint density at radius 2 is 1.76 bits per heavy atom. The molecule has 2 heterocycles. The number of carbonyl (C=O) groups excluding carboxylic acids is 1. The second-order valence-corrected chi connectivity index (χ2v) is 9.45. The van der Waals surface area contributed by atoms with E-state index in [0.29, 0.717) is 16.9 Å². The molecule has 0 spiro atoms. The SMILES string of the molecule is CCN(CC)c1ccc(-c2nnc(SCC(=O)N3CCN(Cc4cccc(C)c4)CC3)o2)cc1. The van der Waals surface area contributed by atoms with Gasteiger partial charge in [-0.25, -0.2) is 0 Å². The van der Waals surface area contributed by atoms with Gasteiger partial charge >= 0.3 is 0 Å². The van der Waals surface area contributed by atoms with Gasteiger partial charge in [0.1, 0.15) is 0 Å². The summed E-state index contributed by atoms with van der Waals surface area (Å²) in [4.78, 5) is 19.3. The van der Waals surface area contributed by atoms with Crippen LogP contribution < -0.4 is 4.90 Å². The third kappa shape index (κ3) is 6.18. The molecule has 1 saturated heterocycles. The average molecular weight is 480 g/mol. The van der Waals surface area contributed by atoms with E-state index < -0.39 is 0 Å². The fourth-order valence-corrected chi connectivity index (χ4v) is 4.89. The molecule has 0 saturated carbocycles. The smallest absolute Gasteiger partial charge is 0.277 e. The molecule has 1 amide bonds. The van der Waals surface area contributed by atoms with E-state index in [9.17, 15) is 4.79 Å². The van der Waals surface area contributed by atoms with Gasteiger partial charge in [0.25, 0.3) is 5.22 Å². The van der Waals surface area contributed by atoms with Crippen LogP contribution in [0.2, 0.25) is 0 Å². The maximum absolute atomic E-state index is 12.7. The van der Waals surface area contributed by atoms with Gasteiger partial charge in [-0.15, -0.1) is 10.2 Å². The molecule has 7 nitrogen and oxygen atoms in total. The van der Waals surface area contributed by atoms with Crippen LogP contribution in [0.25, 0.3) is 11.5 Å². The Hall–Kier alpha value is -2.84. The molecular formula is C26H33N5O2S. The Kier molecular flexibility index (Phi) is 8.24. The van der Waals surface area contributed by atoms with E-state index in [1.54, 1.807) is 0 Å². The molecule has 2 aromatic carbocycles. The highest BCUT2D eigenvalue weighted by molar-refractivity contribution is 7.99. The molecule has 34 heavy (non-hydrogen) atoms. The molecule has 1 aliphatic heterocycles. The summed E-state index contributed by atoms with van der Waals surface area (Å²) >= 11 is 1.30. The van der Waals surface area contributed by atoms with Crippen LogP contribution in [0.4, 0.5) is 5.69 Å². The third-order valence-electron chi connectivity index (χ3n) is 6.18. The fourth-order valence-electron chi connectivity index (χ4n) is 4.23. The van der Waals surface area contributed by atoms with Crippen molar-refractivity contribution in [1.82, 2.24) is 20.0 Å². The molecule has 0 radical (unpaired) electrons. The summed E-state index contributed by atoms with van der Waals surface area (Å²) in [7, 11) is 0. The largest absolute Gasteiger partial charge is 0.411 e. The Labute approximate surface area is 206 Å². The van der Waals surface area contributed by atoms with Crippen molar-refractivity contribution >= 4 is 23.4 Å². The van der Waals surface area contributed by atoms with Crippen LogP contribution in [0, 0.1) is 6.92 Å². The van der Waals surface area contributed by atoms with E-state index in [4.69, 9.17) is 4.42 Å². The normalized spacial score (nSPS) is 14.4. The monoisotopic (exact) mass is 479 g/mol. The lowest BCUT2D eigenvalue weighted by Gasteiger charge is -2.34. The molecule has 3 aromatic rings. The predicted molar refractivity (Wildman–Crippen MR) is 137 cm³/mol. The van der Waals surface area contributed by atoms with Gasteiger partial charge in [0, 0.05) is 57.1 Å². The molecule has 0 bridgehead atoms. The quantitative estimate of drug-likeness (QED) is 0.423. The summed E-state index contributed by atoms with van der Waals surface area (Å²) < 4.78 is 5.80. The zero-order valence-electron chi connectivity index (χ0n) is 20.2. The molecule has 0 aliphatic carbocycles. The molecule has 0 N–H and O–H groups in total. The highest BCUT2D eigenvalue weighted by Gasteiger charge is 2.22. The Bertz CT molecular complexity index is 1070. The molecule has 1 fully saturated rings. The lowest BCUT2D eigenvalue weighted by Crippen LogP contribution is -2.48. The van der Waals surface area contributed by atoms with Crippen LogP contribution >= 0.6 is 11.8 Å². The minimum atomic E-state index is 0.114. The number of carbonyl (C=O) groups is 1. The first-order valence-corrected chi connectivity index (χ1v) is 12.9. The minimum Gasteiger partial charge on any atom is -0.411 e. The Balaban J connectivity index is 1.24. The van der Waals surface area contributed by atoms with Crippen LogP contribution in [0.1, 0.15) is 25.0 Å². The van der Waals surface area contributed by atoms with Crippen molar-refractivity contribution in [3.63, 3.8) is 0 Å². The number of hydrogen-bond acceptors (Lipinski definition) is 7. The zero-order chi connectivity index (χ0) is 23.9. The number of nitrogens with zero attached hydrogens (tertiary/aromatic N) is 5. The maximum atomic E-state index is 12.7. The molecule has 180 valence electrons. The van der Waals surface area contributed by atoms with Crippen molar-refractivity contribution in [2.75, 3.05) is 49.9 Å². The Morgan fingerprint density at radius 3 is 2.44 bits per heavy atom. The van der Waals surface area contributed by atoms with E-state index >= 15 is 0 Å². The molecule has 8 heteroatoms. The van der Waals surface area contributed by atoms with Gasteiger partial charge in [0.2, 0.25) is 11.8 Å². The summed E-state index contributed by atoms with van der Waals surface area (Å²) in [6.45, 7) is 12.5. The summed E-state index contributed by atoms with van der Waals surface area (Å²) in [5, 5.41) is 8.71. The number of thioether (sulfide) groups is 1. The average Bonchev–Trinajstić information content (AvgIpc) is 3.33. The minimum absolute atomic E-state index is 0.114. The van der Waals surface area contributed by atoms with Gasteiger partial charge in [-0.1, -0.05) is 41.6 Å². The fraction of sp³-hybridized carbons (Fsp3) is 0.423. The van der Waals surface area contributed by atoms with Gasteiger partial charge in [-0.2, -0.15) is 0 Å². The van der Waals surface area contributed by atoms with Gasteiger partial charge in [0.05, 0.1) is 5.75 Å². The number of benzene rings is 2. The summed E-state index contributed by atoms with van der Waals surface area (Å²) in [5.41, 5.74) is 4.66. The molecule has 1 aliphatic rings. The number of amides is 1. The van der Waals surface area contributed by atoms with Crippen molar-refractivity contribution in [1.29, 1.82) is 0 Å². The van der Waals surface area contributed by atoms with Crippen LogP contribution in [0.5, 0.6) is 0 Å². The molecule has 0 unspecified atom stereocenters. The van der Waals surface area contributed by atoms with Crippen molar-refractivity contribution in [2.24, 2.45) is 0 Å². The number of anilines is 1. The first-order chi connectivity index (χ1) is 16.6. The first-order valence-electron chi connectivity index (χ1n) is 11.9. The first kappa shape index (κ1) is 24.3. The van der Waals surface area contributed by atoms with E-state index in [-0.39, 0.29) is 5.91 Å². The molecule has 1 aromatic heterocycles. The summed E-state index contributed by atoms with van der Waals surface area (Å²) in [6, 6.07) is 16.8. The van der Waals surface area contributed by atoms with Gasteiger partial charge in [-0.3, -0.25) is 9.69 Å². The maximum Gasteiger partial charge on any atom is 0.277 e. The number of aryl methyl sites for hydroxylation is 1. The number of hydrogen-bond donors (Lipinski definition) is 0. The Morgan fingerprint density at radius 1 is 1.03 bits per heavy atom. The lowest BCUT2D eigenvalue weighted by molar-refractivity contribution is -0.130. The molecule has 4 rings (SSSR count).